The third-order valence-corrected chi connectivity index (χ3v) is 2.66. The van der Waals surface area contributed by atoms with Gasteiger partial charge in [-0.3, -0.25) is 4.79 Å². The third kappa shape index (κ3) is 3.01. The van der Waals surface area contributed by atoms with Crippen molar-refractivity contribution >= 4 is 29.1 Å². The van der Waals surface area contributed by atoms with Crippen molar-refractivity contribution in [3.63, 3.8) is 0 Å². The molecule has 1 rings (SSSR count). The molecule has 4 nitrogen and oxygen atoms in total. The number of carbonyl (C=O) groups is 1. The minimum absolute atomic E-state index is 0.109. The zero-order chi connectivity index (χ0) is 12.1. The number of amides is 1. The minimum Gasteiger partial charge on any atom is -0.395 e. The molecule has 0 radical (unpaired) electrons. The number of nitrogens with one attached hydrogen (secondary N) is 1. The lowest BCUT2D eigenvalue weighted by molar-refractivity contribution is 0.0738. The van der Waals surface area contributed by atoms with E-state index in [0.29, 0.717) is 17.3 Å². The van der Waals surface area contributed by atoms with Crippen LogP contribution >= 0.6 is 23.2 Å². The number of aromatic amines is 1. The molecule has 0 aliphatic carbocycles. The lowest BCUT2D eigenvalue weighted by Crippen LogP contribution is -2.33. The van der Waals surface area contributed by atoms with Crippen LogP contribution in [-0.2, 0) is 0 Å². The fraction of sp³-hybridized carbons (Fsp3) is 0.300. The van der Waals surface area contributed by atoms with Crippen molar-refractivity contribution in [2.75, 3.05) is 19.7 Å². The third-order valence-electron chi connectivity index (χ3n) is 1.96. The molecular formula is C10H12Cl2N2O2. The number of hydrogen-bond donors (Lipinski definition) is 2. The summed E-state index contributed by atoms with van der Waals surface area (Å²) < 4.78 is 0. The Morgan fingerprint density at radius 1 is 1.62 bits per heavy atom. The van der Waals surface area contributed by atoms with Crippen LogP contribution in [0.15, 0.2) is 18.7 Å². The van der Waals surface area contributed by atoms with Crippen LogP contribution in [0.4, 0.5) is 0 Å². The Kier molecular flexibility index (Phi) is 4.86. The summed E-state index contributed by atoms with van der Waals surface area (Å²) >= 11 is 11.4. The Morgan fingerprint density at radius 3 is 2.75 bits per heavy atom. The average Bonchev–Trinajstić information content (AvgIpc) is 2.58. The molecule has 0 spiro atoms. The van der Waals surface area contributed by atoms with Crippen molar-refractivity contribution in [2.24, 2.45) is 0 Å². The Balaban J connectivity index is 2.84. The fourth-order valence-electron chi connectivity index (χ4n) is 1.24. The van der Waals surface area contributed by atoms with Gasteiger partial charge in [-0.25, -0.2) is 0 Å². The van der Waals surface area contributed by atoms with Gasteiger partial charge in [0.25, 0.3) is 5.91 Å². The monoisotopic (exact) mass is 262 g/mol. The molecule has 0 saturated heterocycles. The summed E-state index contributed by atoms with van der Waals surface area (Å²) in [5, 5.41) is 9.36. The number of aliphatic hydroxyl groups is 1. The second-order valence-corrected chi connectivity index (χ2v) is 3.89. The van der Waals surface area contributed by atoms with E-state index in [9.17, 15) is 4.79 Å². The highest BCUT2D eigenvalue weighted by Crippen LogP contribution is 2.22. The van der Waals surface area contributed by atoms with Crippen LogP contribution in [0.3, 0.4) is 0 Å². The molecule has 2 N–H and O–H groups in total. The van der Waals surface area contributed by atoms with Crippen molar-refractivity contribution in [2.45, 2.75) is 0 Å². The van der Waals surface area contributed by atoms with E-state index in [4.69, 9.17) is 28.3 Å². The Bertz CT molecular complexity index is 371. The Hall–Kier alpha value is -0.970. The van der Waals surface area contributed by atoms with Crippen LogP contribution in [0.25, 0.3) is 0 Å². The molecule has 0 bridgehead atoms. The van der Waals surface area contributed by atoms with Gasteiger partial charge in [0.15, 0.2) is 0 Å². The van der Waals surface area contributed by atoms with Gasteiger partial charge in [-0.05, 0) is 6.07 Å². The van der Waals surface area contributed by atoms with E-state index in [1.54, 1.807) is 6.08 Å². The van der Waals surface area contributed by atoms with E-state index in [-0.39, 0.29) is 24.2 Å². The van der Waals surface area contributed by atoms with Gasteiger partial charge in [0.2, 0.25) is 0 Å². The van der Waals surface area contributed by atoms with Crippen LogP contribution in [0, 0.1) is 0 Å². The summed E-state index contributed by atoms with van der Waals surface area (Å²) in [6.45, 7) is 4.02. The molecule has 1 heterocycles. The molecule has 1 aromatic heterocycles. The number of nitrogens with zero attached hydrogens (tertiary/aromatic N) is 1. The van der Waals surface area contributed by atoms with E-state index in [2.05, 4.69) is 11.6 Å². The SMILES string of the molecule is C=CCN(CCO)C(=O)c1cc(Cl)c(Cl)[nH]1. The zero-order valence-corrected chi connectivity index (χ0v) is 10.1. The van der Waals surface area contributed by atoms with Crippen LogP contribution < -0.4 is 0 Å². The Labute approximate surface area is 103 Å². The summed E-state index contributed by atoms with van der Waals surface area (Å²) in [4.78, 5) is 16.0. The molecule has 0 aliphatic rings. The number of H-pyrrole nitrogens is 1. The Morgan fingerprint density at radius 2 is 2.31 bits per heavy atom. The molecule has 0 aliphatic heterocycles. The maximum absolute atomic E-state index is 11.9. The van der Waals surface area contributed by atoms with Gasteiger partial charge in [0.1, 0.15) is 10.8 Å². The molecule has 6 heteroatoms. The quantitative estimate of drug-likeness (QED) is 0.797. The summed E-state index contributed by atoms with van der Waals surface area (Å²) in [7, 11) is 0. The first-order valence-electron chi connectivity index (χ1n) is 4.65. The van der Waals surface area contributed by atoms with Crippen molar-refractivity contribution in [1.82, 2.24) is 9.88 Å². The summed E-state index contributed by atoms with van der Waals surface area (Å²) in [5.74, 6) is -0.275. The van der Waals surface area contributed by atoms with Gasteiger partial charge in [0.05, 0.1) is 11.6 Å². The zero-order valence-electron chi connectivity index (χ0n) is 8.54. The number of rotatable bonds is 5. The number of aromatic nitrogens is 1. The first-order chi connectivity index (χ1) is 7.60. The number of aliphatic hydroxyl groups excluding tert-OH is 1. The van der Waals surface area contributed by atoms with Gasteiger partial charge in [-0.2, -0.15) is 0 Å². The molecule has 0 saturated carbocycles. The van der Waals surface area contributed by atoms with Gasteiger partial charge in [-0.15, -0.1) is 6.58 Å². The predicted octanol–water partition coefficient (Wildman–Crippen LogP) is 1.94. The minimum atomic E-state index is -0.275. The number of carbonyl (C=O) groups excluding carboxylic acids is 1. The first kappa shape index (κ1) is 13.1. The average molecular weight is 263 g/mol. The van der Waals surface area contributed by atoms with Gasteiger partial charge >= 0.3 is 0 Å². The molecule has 0 fully saturated rings. The molecule has 1 amide bonds. The van der Waals surface area contributed by atoms with Gasteiger partial charge in [-0.1, -0.05) is 29.3 Å². The maximum atomic E-state index is 11.9. The molecule has 16 heavy (non-hydrogen) atoms. The van der Waals surface area contributed by atoms with E-state index in [1.165, 1.54) is 11.0 Å². The highest BCUT2D eigenvalue weighted by molar-refractivity contribution is 6.41. The normalized spacial score (nSPS) is 10.2. The first-order valence-corrected chi connectivity index (χ1v) is 5.40. The van der Waals surface area contributed by atoms with Crippen molar-refractivity contribution in [1.29, 1.82) is 0 Å². The smallest absolute Gasteiger partial charge is 0.270 e. The number of halogens is 2. The lowest BCUT2D eigenvalue weighted by atomic mass is 10.3. The second kappa shape index (κ2) is 5.94. The van der Waals surface area contributed by atoms with E-state index in [1.807, 2.05) is 0 Å². The van der Waals surface area contributed by atoms with Gasteiger partial charge < -0.3 is 15.0 Å². The summed E-state index contributed by atoms with van der Waals surface area (Å²) in [6.07, 6.45) is 1.58. The van der Waals surface area contributed by atoms with Crippen molar-refractivity contribution in [3.8, 4) is 0 Å². The molecular weight excluding hydrogens is 251 g/mol. The molecule has 0 unspecified atom stereocenters. The van der Waals surface area contributed by atoms with Crippen molar-refractivity contribution in [3.05, 3.63) is 34.6 Å². The molecule has 0 atom stereocenters. The molecule has 88 valence electrons. The van der Waals surface area contributed by atoms with Crippen LogP contribution in [0.5, 0.6) is 0 Å². The molecule has 0 aromatic carbocycles. The number of hydrogen-bond acceptors (Lipinski definition) is 2. The highest BCUT2D eigenvalue weighted by atomic mass is 35.5. The van der Waals surface area contributed by atoms with Crippen molar-refractivity contribution < 1.29 is 9.90 Å². The fourth-order valence-corrected chi connectivity index (χ4v) is 1.55. The predicted molar refractivity (Wildman–Crippen MR) is 64.0 cm³/mol. The lowest BCUT2D eigenvalue weighted by Gasteiger charge is -2.18. The van der Waals surface area contributed by atoms with E-state index in [0.717, 1.165) is 0 Å². The van der Waals surface area contributed by atoms with E-state index >= 15 is 0 Å². The molecule has 1 aromatic rings. The summed E-state index contributed by atoms with van der Waals surface area (Å²) in [6, 6.07) is 1.46. The highest BCUT2D eigenvalue weighted by Gasteiger charge is 2.17. The standard InChI is InChI=1S/C10H12Cl2N2O2/c1-2-3-14(4-5-15)10(16)8-6-7(11)9(12)13-8/h2,6,13,15H,1,3-5H2. The van der Waals surface area contributed by atoms with Crippen LogP contribution in [0.1, 0.15) is 10.5 Å². The van der Waals surface area contributed by atoms with E-state index < -0.39 is 0 Å². The largest absolute Gasteiger partial charge is 0.395 e. The van der Waals surface area contributed by atoms with Gasteiger partial charge in [0, 0.05) is 13.1 Å². The van der Waals surface area contributed by atoms with Crippen LogP contribution in [-0.4, -0.2) is 40.6 Å². The maximum Gasteiger partial charge on any atom is 0.270 e. The van der Waals surface area contributed by atoms with Crippen LogP contribution in [0.2, 0.25) is 10.2 Å². The second-order valence-electron chi connectivity index (χ2n) is 3.11. The summed E-state index contributed by atoms with van der Waals surface area (Å²) in [5.41, 5.74) is 0.297. The topological polar surface area (TPSA) is 56.3 Å².